The molecule has 3 N–H and O–H groups in total. The zero-order valence-electron chi connectivity index (χ0n) is 14.3. The van der Waals surface area contributed by atoms with Gasteiger partial charge in [0.15, 0.2) is 5.43 Å². The Bertz CT molecular complexity index is 1160. The Labute approximate surface area is 153 Å². The smallest absolute Gasteiger partial charge is 0.336 e. The summed E-state index contributed by atoms with van der Waals surface area (Å²) in [6, 6.07) is 17.4. The topological polar surface area (TPSA) is 108 Å². The SMILES string of the molecule is Cc1ccc(-c2c3ccc(=O)cc-3oc3ccccc23)c(C(=O)O)c1.OO. The van der Waals surface area contributed by atoms with Crippen LogP contribution in [0.5, 0.6) is 0 Å². The fourth-order valence-electron chi connectivity index (χ4n) is 3.16. The molecule has 0 radical (unpaired) electrons. The summed E-state index contributed by atoms with van der Waals surface area (Å²) in [6.45, 7) is 1.86. The number of hydrogen-bond donors (Lipinski definition) is 3. The van der Waals surface area contributed by atoms with E-state index in [1.807, 2.05) is 43.3 Å². The van der Waals surface area contributed by atoms with Crippen molar-refractivity contribution in [1.29, 1.82) is 0 Å². The summed E-state index contributed by atoms with van der Waals surface area (Å²) in [5.74, 6) is -0.546. The van der Waals surface area contributed by atoms with Crippen molar-refractivity contribution in [2.75, 3.05) is 0 Å². The molecule has 136 valence electrons. The number of carboxylic acids is 1. The number of rotatable bonds is 2. The molecular formula is C21H16O6. The zero-order valence-corrected chi connectivity index (χ0v) is 14.3. The molecule has 0 aromatic heterocycles. The van der Waals surface area contributed by atoms with Gasteiger partial charge in [0, 0.05) is 22.6 Å². The molecule has 0 saturated heterocycles. The predicted molar refractivity (Wildman–Crippen MR) is 101 cm³/mol. The van der Waals surface area contributed by atoms with Crippen LogP contribution in [0.15, 0.2) is 69.9 Å². The van der Waals surface area contributed by atoms with Crippen LogP contribution >= 0.6 is 0 Å². The summed E-state index contributed by atoms with van der Waals surface area (Å²) in [6.07, 6.45) is 0. The normalized spacial score (nSPS) is 10.5. The van der Waals surface area contributed by atoms with Crippen molar-refractivity contribution in [3.8, 4) is 22.5 Å². The van der Waals surface area contributed by atoms with Gasteiger partial charge in [-0.3, -0.25) is 15.3 Å². The van der Waals surface area contributed by atoms with E-state index >= 15 is 0 Å². The van der Waals surface area contributed by atoms with Crippen molar-refractivity contribution in [2.24, 2.45) is 0 Å². The second-order valence-corrected chi connectivity index (χ2v) is 5.99. The molecule has 4 rings (SSSR count). The second-order valence-electron chi connectivity index (χ2n) is 5.99. The van der Waals surface area contributed by atoms with Crippen molar-refractivity contribution >= 4 is 16.9 Å². The van der Waals surface area contributed by atoms with E-state index in [4.69, 9.17) is 14.9 Å². The number of aryl methyl sites for hydroxylation is 1. The fourth-order valence-corrected chi connectivity index (χ4v) is 3.16. The van der Waals surface area contributed by atoms with E-state index in [1.165, 1.54) is 12.1 Å². The Morgan fingerprint density at radius 2 is 1.63 bits per heavy atom. The number of carbonyl (C=O) groups is 1. The first-order chi connectivity index (χ1) is 13.0. The van der Waals surface area contributed by atoms with Crippen molar-refractivity contribution in [2.45, 2.75) is 6.92 Å². The van der Waals surface area contributed by atoms with E-state index in [0.29, 0.717) is 22.5 Å². The summed E-state index contributed by atoms with van der Waals surface area (Å²) in [5.41, 5.74) is 3.63. The van der Waals surface area contributed by atoms with Gasteiger partial charge < -0.3 is 9.52 Å². The van der Waals surface area contributed by atoms with Crippen LogP contribution in [-0.4, -0.2) is 21.6 Å². The number of carboxylic acid groups (broad SMARTS) is 1. The van der Waals surface area contributed by atoms with Crippen LogP contribution in [0, 0.1) is 6.92 Å². The highest BCUT2D eigenvalue weighted by molar-refractivity contribution is 6.07. The highest BCUT2D eigenvalue weighted by Crippen LogP contribution is 2.41. The molecule has 1 heterocycles. The van der Waals surface area contributed by atoms with Crippen LogP contribution in [0.2, 0.25) is 0 Å². The predicted octanol–water partition coefficient (Wildman–Crippen LogP) is 4.59. The van der Waals surface area contributed by atoms with Crippen molar-refractivity contribution in [3.63, 3.8) is 0 Å². The van der Waals surface area contributed by atoms with Crippen molar-refractivity contribution in [1.82, 2.24) is 0 Å². The second kappa shape index (κ2) is 7.41. The van der Waals surface area contributed by atoms with E-state index in [9.17, 15) is 14.7 Å². The third kappa shape index (κ3) is 3.31. The number of aromatic carboxylic acids is 1. The lowest BCUT2D eigenvalue weighted by molar-refractivity contribution is -0.176. The first kappa shape index (κ1) is 18.3. The quantitative estimate of drug-likeness (QED) is 0.273. The highest BCUT2D eigenvalue weighted by Gasteiger charge is 2.21. The monoisotopic (exact) mass is 364 g/mol. The summed E-state index contributed by atoms with van der Waals surface area (Å²) < 4.78 is 5.87. The van der Waals surface area contributed by atoms with E-state index in [2.05, 4.69) is 0 Å². The number of fused-ring (bicyclic) bond motifs is 2. The van der Waals surface area contributed by atoms with Gasteiger partial charge in [-0.15, -0.1) is 0 Å². The van der Waals surface area contributed by atoms with E-state index in [0.717, 1.165) is 16.5 Å². The van der Waals surface area contributed by atoms with Gasteiger partial charge in [-0.2, -0.15) is 0 Å². The third-order valence-electron chi connectivity index (χ3n) is 4.27. The van der Waals surface area contributed by atoms with Gasteiger partial charge in [-0.25, -0.2) is 4.79 Å². The molecule has 0 amide bonds. The molecule has 0 atom stereocenters. The summed E-state index contributed by atoms with van der Waals surface area (Å²) in [5, 5.41) is 22.5. The molecule has 6 nitrogen and oxygen atoms in total. The van der Waals surface area contributed by atoms with Crippen LogP contribution in [-0.2, 0) is 0 Å². The summed E-state index contributed by atoms with van der Waals surface area (Å²) >= 11 is 0. The Hall–Kier alpha value is -3.48. The Morgan fingerprint density at radius 1 is 0.926 bits per heavy atom. The Morgan fingerprint density at radius 3 is 2.37 bits per heavy atom. The molecule has 0 spiro atoms. The van der Waals surface area contributed by atoms with Crippen LogP contribution in [0.3, 0.4) is 0 Å². The van der Waals surface area contributed by atoms with Gasteiger partial charge >= 0.3 is 5.97 Å². The largest absolute Gasteiger partial charge is 0.478 e. The van der Waals surface area contributed by atoms with Crippen molar-refractivity contribution < 1.29 is 24.8 Å². The molecule has 2 aromatic rings. The molecule has 0 fully saturated rings. The van der Waals surface area contributed by atoms with Gasteiger partial charge in [0.05, 0.1) is 5.56 Å². The molecular weight excluding hydrogens is 348 g/mol. The van der Waals surface area contributed by atoms with Gasteiger partial charge in [-0.05, 0) is 36.8 Å². The molecule has 2 aromatic carbocycles. The fraction of sp³-hybridized carbons (Fsp3) is 0.0476. The summed E-state index contributed by atoms with van der Waals surface area (Å²) in [4.78, 5) is 23.5. The first-order valence-electron chi connectivity index (χ1n) is 8.04. The minimum atomic E-state index is -0.989. The van der Waals surface area contributed by atoms with Gasteiger partial charge in [0.2, 0.25) is 0 Å². The van der Waals surface area contributed by atoms with Crippen LogP contribution in [0.25, 0.3) is 33.4 Å². The molecule has 27 heavy (non-hydrogen) atoms. The van der Waals surface area contributed by atoms with E-state index in [-0.39, 0.29) is 11.0 Å². The lowest BCUT2D eigenvalue weighted by atomic mass is 9.90. The molecule has 0 unspecified atom stereocenters. The first-order valence-corrected chi connectivity index (χ1v) is 8.04. The maximum absolute atomic E-state index is 11.8. The minimum Gasteiger partial charge on any atom is -0.478 e. The molecule has 0 saturated carbocycles. The van der Waals surface area contributed by atoms with Gasteiger partial charge in [-0.1, -0.05) is 35.9 Å². The Balaban J connectivity index is 0.00000102. The van der Waals surface area contributed by atoms with Crippen molar-refractivity contribution in [3.05, 3.63) is 82.0 Å². The van der Waals surface area contributed by atoms with Crippen LogP contribution < -0.4 is 5.43 Å². The standard InChI is InChI=1S/C21H14O4.H2O2/c1-12-6-8-14(17(10-12)21(23)24)20-15-4-2-3-5-18(15)25-19-11-13(22)7-9-16(19)20;1-2/h2-11H,1H3,(H,23,24);1-2H. The molecule has 1 aliphatic heterocycles. The molecule has 2 aliphatic rings. The molecule has 1 aliphatic carbocycles. The van der Waals surface area contributed by atoms with Gasteiger partial charge in [0.25, 0.3) is 0 Å². The third-order valence-corrected chi connectivity index (χ3v) is 4.27. The van der Waals surface area contributed by atoms with Gasteiger partial charge in [0.1, 0.15) is 11.3 Å². The Kier molecular flexibility index (Phi) is 5.03. The average molecular weight is 364 g/mol. The average Bonchev–Trinajstić information content (AvgIpc) is 2.67. The van der Waals surface area contributed by atoms with Crippen LogP contribution in [0.1, 0.15) is 15.9 Å². The maximum atomic E-state index is 11.8. The number of benzene rings is 3. The van der Waals surface area contributed by atoms with Crippen LogP contribution in [0.4, 0.5) is 0 Å². The lowest BCUT2D eigenvalue weighted by Gasteiger charge is -2.16. The minimum absolute atomic E-state index is 0.153. The number of para-hydroxylation sites is 1. The maximum Gasteiger partial charge on any atom is 0.336 e. The van der Waals surface area contributed by atoms with E-state index in [1.54, 1.807) is 12.1 Å². The lowest BCUT2D eigenvalue weighted by Crippen LogP contribution is -2.03. The number of hydrogen-bond acceptors (Lipinski definition) is 5. The van der Waals surface area contributed by atoms with E-state index < -0.39 is 5.97 Å². The zero-order chi connectivity index (χ0) is 19.6. The summed E-state index contributed by atoms with van der Waals surface area (Å²) in [7, 11) is 0. The molecule has 0 bridgehead atoms. The molecule has 6 heteroatoms. The highest BCUT2D eigenvalue weighted by atomic mass is 17.0.